The standard InChI is InChI=1S/C25H33ClN4O/c1-18-9-10-21(13-23(18)26)27-11-6-12-29-14-19-16-30(17-20(19)15-29)25(31)22-7-4-5-8-24(22)28(2)3/h4-5,7-10,13,19-20,27H,6,11-12,14-17H2,1-3H3. The molecular formula is C25H33ClN4O. The number of hydrogen-bond donors (Lipinski definition) is 1. The highest BCUT2D eigenvalue weighted by atomic mass is 35.5. The van der Waals surface area contributed by atoms with Crippen LogP contribution in [0.4, 0.5) is 11.4 Å². The zero-order chi connectivity index (χ0) is 22.0. The number of fused-ring (bicyclic) bond motifs is 1. The Labute approximate surface area is 191 Å². The van der Waals surface area contributed by atoms with Crippen molar-refractivity contribution >= 4 is 28.9 Å². The second-order valence-corrected chi connectivity index (χ2v) is 9.55. The summed E-state index contributed by atoms with van der Waals surface area (Å²) < 4.78 is 0. The molecule has 2 saturated heterocycles. The third-order valence-electron chi connectivity index (χ3n) is 6.62. The first-order chi connectivity index (χ1) is 14.9. The van der Waals surface area contributed by atoms with Gasteiger partial charge in [-0.05, 0) is 61.6 Å². The van der Waals surface area contributed by atoms with E-state index < -0.39 is 0 Å². The van der Waals surface area contributed by atoms with Gasteiger partial charge in [-0.15, -0.1) is 0 Å². The van der Waals surface area contributed by atoms with Gasteiger partial charge >= 0.3 is 0 Å². The van der Waals surface area contributed by atoms with Gasteiger partial charge in [-0.1, -0.05) is 29.8 Å². The van der Waals surface area contributed by atoms with E-state index in [-0.39, 0.29) is 5.91 Å². The summed E-state index contributed by atoms with van der Waals surface area (Å²) in [6.45, 7) is 8.00. The zero-order valence-electron chi connectivity index (χ0n) is 18.8. The van der Waals surface area contributed by atoms with Crippen LogP contribution in [0, 0.1) is 18.8 Å². The SMILES string of the molecule is Cc1ccc(NCCCN2CC3CN(C(=O)c4ccccc4N(C)C)CC3C2)cc1Cl. The molecule has 166 valence electrons. The van der Waals surface area contributed by atoms with Gasteiger partial charge in [0, 0.05) is 63.2 Å². The van der Waals surface area contributed by atoms with Crippen molar-refractivity contribution in [1.82, 2.24) is 9.80 Å². The van der Waals surface area contributed by atoms with E-state index >= 15 is 0 Å². The molecule has 0 aromatic heterocycles. The summed E-state index contributed by atoms with van der Waals surface area (Å²) >= 11 is 6.20. The lowest BCUT2D eigenvalue weighted by Crippen LogP contribution is -2.34. The highest BCUT2D eigenvalue weighted by Gasteiger charge is 2.41. The number of benzene rings is 2. The molecule has 1 N–H and O–H groups in total. The smallest absolute Gasteiger partial charge is 0.255 e. The van der Waals surface area contributed by atoms with E-state index in [1.165, 1.54) is 0 Å². The number of nitrogens with zero attached hydrogens (tertiary/aromatic N) is 3. The first-order valence-electron chi connectivity index (χ1n) is 11.2. The Morgan fingerprint density at radius 1 is 1.10 bits per heavy atom. The number of halogens is 1. The molecule has 2 unspecified atom stereocenters. The molecule has 0 aliphatic carbocycles. The molecule has 0 spiro atoms. The number of nitrogens with one attached hydrogen (secondary N) is 1. The van der Waals surface area contributed by atoms with E-state index in [4.69, 9.17) is 11.6 Å². The van der Waals surface area contributed by atoms with Crippen molar-refractivity contribution in [3.63, 3.8) is 0 Å². The van der Waals surface area contributed by atoms with E-state index in [2.05, 4.69) is 27.2 Å². The molecule has 2 atom stereocenters. The minimum atomic E-state index is 0.172. The number of anilines is 2. The van der Waals surface area contributed by atoms with Crippen LogP contribution in [0.25, 0.3) is 0 Å². The van der Waals surface area contributed by atoms with Gasteiger partial charge in [0.25, 0.3) is 5.91 Å². The number of rotatable bonds is 7. The molecule has 2 fully saturated rings. The third kappa shape index (κ3) is 4.99. The first kappa shape index (κ1) is 22.0. The van der Waals surface area contributed by atoms with E-state index in [0.29, 0.717) is 11.8 Å². The second-order valence-electron chi connectivity index (χ2n) is 9.15. The molecular weight excluding hydrogens is 408 g/mol. The largest absolute Gasteiger partial charge is 0.385 e. The monoisotopic (exact) mass is 440 g/mol. The Morgan fingerprint density at radius 2 is 1.81 bits per heavy atom. The molecule has 2 aromatic rings. The lowest BCUT2D eigenvalue weighted by molar-refractivity contribution is 0.0774. The van der Waals surface area contributed by atoms with Crippen molar-refractivity contribution < 1.29 is 4.79 Å². The van der Waals surface area contributed by atoms with Crippen LogP contribution in [-0.2, 0) is 0 Å². The second kappa shape index (κ2) is 9.49. The Morgan fingerprint density at radius 3 is 2.48 bits per heavy atom. The van der Waals surface area contributed by atoms with E-state index in [9.17, 15) is 4.79 Å². The predicted octanol–water partition coefficient (Wildman–Crippen LogP) is 4.22. The van der Waals surface area contributed by atoms with Gasteiger partial charge in [-0.25, -0.2) is 0 Å². The van der Waals surface area contributed by atoms with Gasteiger partial charge in [0.2, 0.25) is 0 Å². The van der Waals surface area contributed by atoms with Crippen LogP contribution in [0.5, 0.6) is 0 Å². The molecule has 2 aromatic carbocycles. The van der Waals surface area contributed by atoms with Crippen LogP contribution >= 0.6 is 11.6 Å². The van der Waals surface area contributed by atoms with Gasteiger partial charge in [-0.2, -0.15) is 0 Å². The number of para-hydroxylation sites is 1. The minimum absolute atomic E-state index is 0.172. The maximum absolute atomic E-state index is 13.1. The summed E-state index contributed by atoms with van der Waals surface area (Å²) in [5.41, 5.74) is 4.00. The van der Waals surface area contributed by atoms with Crippen molar-refractivity contribution in [2.45, 2.75) is 13.3 Å². The lowest BCUT2D eigenvalue weighted by atomic mass is 10.0. The highest BCUT2D eigenvalue weighted by molar-refractivity contribution is 6.31. The zero-order valence-corrected chi connectivity index (χ0v) is 19.5. The van der Waals surface area contributed by atoms with Crippen LogP contribution in [-0.4, -0.2) is 69.1 Å². The van der Waals surface area contributed by atoms with E-state index in [1.807, 2.05) is 56.3 Å². The molecule has 2 heterocycles. The van der Waals surface area contributed by atoms with Crippen molar-refractivity contribution in [3.05, 3.63) is 58.6 Å². The number of amides is 1. The van der Waals surface area contributed by atoms with Crippen molar-refractivity contribution in [1.29, 1.82) is 0 Å². The third-order valence-corrected chi connectivity index (χ3v) is 7.02. The quantitative estimate of drug-likeness (QED) is 0.654. The van der Waals surface area contributed by atoms with E-state index in [0.717, 1.165) is 73.2 Å². The van der Waals surface area contributed by atoms with Crippen LogP contribution in [0.2, 0.25) is 5.02 Å². The normalized spacial score (nSPS) is 20.7. The first-order valence-corrected chi connectivity index (χ1v) is 11.6. The lowest BCUT2D eigenvalue weighted by Gasteiger charge is -2.24. The molecule has 31 heavy (non-hydrogen) atoms. The summed E-state index contributed by atoms with van der Waals surface area (Å²) in [5.74, 6) is 1.37. The maximum atomic E-state index is 13.1. The minimum Gasteiger partial charge on any atom is -0.385 e. The number of hydrogen-bond acceptors (Lipinski definition) is 4. The van der Waals surface area contributed by atoms with E-state index in [1.54, 1.807) is 0 Å². The van der Waals surface area contributed by atoms with Crippen molar-refractivity contribution in [2.75, 3.05) is 63.6 Å². The summed E-state index contributed by atoms with van der Waals surface area (Å²) in [6.07, 6.45) is 1.10. The van der Waals surface area contributed by atoms with Gasteiger partial charge in [0.1, 0.15) is 0 Å². The highest BCUT2D eigenvalue weighted by Crippen LogP contribution is 2.33. The van der Waals surface area contributed by atoms with Gasteiger partial charge in [-0.3, -0.25) is 4.79 Å². The van der Waals surface area contributed by atoms with Crippen LogP contribution in [0.3, 0.4) is 0 Å². The molecule has 6 heteroatoms. The van der Waals surface area contributed by atoms with Crippen LogP contribution in [0.15, 0.2) is 42.5 Å². The Bertz CT molecular complexity index is 917. The molecule has 5 nitrogen and oxygen atoms in total. The Balaban J connectivity index is 1.23. The van der Waals surface area contributed by atoms with Crippen LogP contribution in [0.1, 0.15) is 22.3 Å². The Hall–Kier alpha value is -2.24. The summed E-state index contributed by atoms with van der Waals surface area (Å²) in [4.78, 5) is 19.8. The molecule has 0 saturated carbocycles. The number of aryl methyl sites for hydroxylation is 1. The molecule has 1 amide bonds. The fourth-order valence-electron chi connectivity index (χ4n) is 4.89. The van der Waals surface area contributed by atoms with Gasteiger partial charge in [0.05, 0.1) is 5.56 Å². The van der Waals surface area contributed by atoms with Crippen molar-refractivity contribution in [3.8, 4) is 0 Å². The molecule has 4 rings (SSSR count). The molecule has 0 radical (unpaired) electrons. The average molecular weight is 441 g/mol. The molecule has 0 bridgehead atoms. The van der Waals surface area contributed by atoms with Crippen LogP contribution < -0.4 is 10.2 Å². The number of carbonyl (C=O) groups is 1. The predicted molar refractivity (Wildman–Crippen MR) is 129 cm³/mol. The van der Waals surface area contributed by atoms with Gasteiger partial charge < -0.3 is 20.0 Å². The molecule has 2 aliphatic rings. The number of carbonyl (C=O) groups excluding carboxylic acids is 1. The maximum Gasteiger partial charge on any atom is 0.255 e. The summed E-state index contributed by atoms with van der Waals surface area (Å²) in [5, 5.41) is 4.28. The number of likely N-dealkylation sites (tertiary alicyclic amines) is 2. The summed E-state index contributed by atoms with van der Waals surface area (Å²) in [6, 6.07) is 14.0. The topological polar surface area (TPSA) is 38.8 Å². The molecule has 2 aliphatic heterocycles. The average Bonchev–Trinajstić information content (AvgIpc) is 3.32. The Kier molecular flexibility index (Phi) is 6.73. The summed E-state index contributed by atoms with van der Waals surface area (Å²) in [7, 11) is 3.98. The fraction of sp³-hybridized carbons (Fsp3) is 0.480. The van der Waals surface area contributed by atoms with Gasteiger partial charge in [0.15, 0.2) is 0 Å². The fourth-order valence-corrected chi connectivity index (χ4v) is 5.07. The van der Waals surface area contributed by atoms with Crippen molar-refractivity contribution in [2.24, 2.45) is 11.8 Å².